The molecular formula is C11H14INO. The Kier molecular flexibility index (Phi) is 2.97. The van der Waals surface area contributed by atoms with Gasteiger partial charge in [0.05, 0.1) is 10.7 Å². The van der Waals surface area contributed by atoms with Gasteiger partial charge in [0.1, 0.15) is 5.75 Å². The van der Waals surface area contributed by atoms with Crippen LogP contribution in [-0.4, -0.2) is 7.11 Å². The molecule has 76 valence electrons. The molecule has 0 saturated carbocycles. The minimum absolute atomic E-state index is 0.199. The minimum atomic E-state index is 0.199. The van der Waals surface area contributed by atoms with Gasteiger partial charge in [0.2, 0.25) is 0 Å². The molecule has 0 radical (unpaired) electrons. The smallest absolute Gasteiger partial charge is 0.132 e. The zero-order valence-corrected chi connectivity index (χ0v) is 10.4. The Morgan fingerprint density at radius 3 is 3.00 bits per heavy atom. The Morgan fingerprint density at radius 2 is 2.29 bits per heavy atom. The average molecular weight is 303 g/mol. The highest BCUT2D eigenvalue weighted by Crippen LogP contribution is 2.33. The molecule has 0 aromatic heterocycles. The summed E-state index contributed by atoms with van der Waals surface area (Å²) in [4.78, 5) is 0. The SMILES string of the molecule is COc1cc2c(cc1I)CCC[C@@H]2N. The zero-order valence-electron chi connectivity index (χ0n) is 8.22. The molecule has 0 fully saturated rings. The third kappa shape index (κ3) is 1.75. The summed E-state index contributed by atoms with van der Waals surface area (Å²) in [7, 11) is 1.71. The predicted octanol–water partition coefficient (Wildman–Crippen LogP) is 2.64. The monoisotopic (exact) mass is 303 g/mol. The van der Waals surface area contributed by atoms with Gasteiger partial charge in [-0.2, -0.15) is 0 Å². The van der Waals surface area contributed by atoms with Crippen LogP contribution in [0.4, 0.5) is 0 Å². The van der Waals surface area contributed by atoms with Crippen LogP contribution in [0.2, 0.25) is 0 Å². The number of ether oxygens (including phenoxy) is 1. The van der Waals surface area contributed by atoms with Crippen LogP contribution in [0.1, 0.15) is 30.0 Å². The van der Waals surface area contributed by atoms with E-state index in [9.17, 15) is 0 Å². The standard InChI is InChI=1S/C11H14INO/c1-14-11-6-8-7(5-9(11)12)3-2-4-10(8)13/h5-6,10H,2-4,13H2,1H3/t10-/m0/s1. The average Bonchev–Trinajstić information content (AvgIpc) is 2.17. The van der Waals surface area contributed by atoms with Crippen molar-refractivity contribution in [3.63, 3.8) is 0 Å². The fraction of sp³-hybridized carbons (Fsp3) is 0.455. The van der Waals surface area contributed by atoms with Crippen molar-refractivity contribution < 1.29 is 4.74 Å². The van der Waals surface area contributed by atoms with Gasteiger partial charge in [-0.1, -0.05) is 0 Å². The summed E-state index contributed by atoms with van der Waals surface area (Å²) >= 11 is 2.31. The van der Waals surface area contributed by atoms with E-state index in [1.54, 1.807) is 7.11 Å². The number of aryl methyl sites for hydroxylation is 1. The quantitative estimate of drug-likeness (QED) is 0.810. The minimum Gasteiger partial charge on any atom is -0.496 e. The van der Waals surface area contributed by atoms with Gasteiger partial charge in [-0.25, -0.2) is 0 Å². The summed E-state index contributed by atoms with van der Waals surface area (Å²) in [6.07, 6.45) is 3.45. The lowest BCUT2D eigenvalue weighted by atomic mass is 9.88. The molecule has 1 aromatic rings. The lowest BCUT2D eigenvalue weighted by Crippen LogP contribution is -2.17. The number of fused-ring (bicyclic) bond motifs is 1. The molecular weight excluding hydrogens is 289 g/mol. The number of methoxy groups -OCH3 is 1. The Morgan fingerprint density at radius 1 is 1.50 bits per heavy atom. The third-order valence-electron chi connectivity index (χ3n) is 2.77. The molecule has 3 heteroatoms. The molecule has 0 heterocycles. The van der Waals surface area contributed by atoms with Crippen molar-refractivity contribution in [2.75, 3.05) is 7.11 Å². The van der Waals surface area contributed by atoms with Gasteiger partial charge in [-0.15, -0.1) is 0 Å². The molecule has 0 aliphatic heterocycles. The van der Waals surface area contributed by atoms with Crippen molar-refractivity contribution in [3.05, 3.63) is 26.8 Å². The molecule has 1 aromatic carbocycles. The van der Waals surface area contributed by atoms with Crippen LogP contribution < -0.4 is 10.5 Å². The highest BCUT2D eigenvalue weighted by Gasteiger charge is 2.18. The summed E-state index contributed by atoms with van der Waals surface area (Å²) in [6.45, 7) is 0. The van der Waals surface area contributed by atoms with Crippen LogP contribution in [0.25, 0.3) is 0 Å². The third-order valence-corrected chi connectivity index (χ3v) is 3.62. The Hall–Kier alpha value is -0.290. The van der Waals surface area contributed by atoms with Crippen molar-refractivity contribution >= 4 is 22.6 Å². The van der Waals surface area contributed by atoms with Crippen LogP contribution in [0, 0.1) is 3.57 Å². The first-order chi connectivity index (χ1) is 6.72. The van der Waals surface area contributed by atoms with E-state index in [4.69, 9.17) is 10.5 Å². The van der Waals surface area contributed by atoms with Crippen molar-refractivity contribution in [1.29, 1.82) is 0 Å². The number of nitrogens with two attached hydrogens (primary N) is 1. The van der Waals surface area contributed by atoms with Gasteiger partial charge in [0.25, 0.3) is 0 Å². The maximum atomic E-state index is 6.06. The summed E-state index contributed by atoms with van der Waals surface area (Å²) < 4.78 is 6.47. The lowest BCUT2D eigenvalue weighted by Gasteiger charge is -2.23. The summed E-state index contributed by atoms with van der Waals surface area (Å²) in [6, 6.07) is 4.50. The second-order valence-corrected chi connectivity index (χ2v) is 4.85. The largest absolute Gasteiger partial charge is 0.496 e. The summed E-state index contributed by atoms with van der Waals surface area (Å²) in [5, 5.41) is 0. The summed E-state index contributed by atoms with van der Waals surface area (Å²) in [5.74, 6) is 0.946. The van der Waals surface area contributed by atoms with E-state index in [1.807, 2.05) is 0 Å². The van der Waals surface area contributed by atoms with E-state index in [2.05, 4.69) is 34.7 Å². The van der Waals surface area contributed by atoms with Crippen LogP contribution >= 0.6 is 22.6 Å². The number of halogens is 1. The maximum absolute atomic E-state index is 6.06. The van der Waals surface area contributed by atoms with Crippen LogP contribution in [0.15, 0.2) is 12.1 Å². The normalized spacial score (nSPS) is 20.4. The van der Waals surface area contributed by atoms with E-state index in [1.165, 1.54) is 21.1 Å². The number of hydrogen-bond donors (Lipinski definition) is 1. The van der Waals surface area contributed by atoms with Crippen LogP contribution in [0.5, 0.6) is 5.75 Å². The molecule has 0 spiro atoms. The molecule has 1 atom stereocenters. The van der Waals surface area contributed by atoms with Crippen molar-refractivity contribution in [3.8, 4) is 5.75 Å². The Balaban J connectivity index is 2.49. The van der Waals surface area contributed by atoms with Crippen molar-refractivity contribution in [1.82, 2.24) is 0 Å². The number of benzene rings is 1. The van der Waals surface area contributed by atoms with Gasteiger partial charge >= 0.3 is 0 Å². The van der Waals surface area contributed by atoms with E-state index in [0.717, 1.165) is 18.6 Å². The fourth-order valence-corrected chi connectivity index (χ4v) is 2.75. The number of hydrogen-bond acceptors (Lipinski definition) is 2. The molecule has 1 aliphatic rings. The highest BCUT2D eigenvalue weighted by atomic mass is 127. The highest BCUT2D eigenvalue weighted by molar-refractivity contribution is 14.1. The Bertz CT molecular complexity index is 351. The van der Waals surface area contributed by atoms with E-state index < -0.39 is 0 Å². The van der Waals surface area contributed by atoms with Crippen molar-refractivity contribution in [2.45, 2.75) is 25.3 Å². The Labute approximate surface area is 98.0 Å². The molecule has 0 bridgehead atoms. The molecule has 2 rings (SSSR count). The maximum Gasteiger partial charge on any atom is 0.132 e. The van der Waals surface area contributed by atoms with Gasteiger partial charge in [0, 0.05) is 6.04 Å². The number of rotatable bonds is 1. The van der Waals surface area contributed by atoms with Crippen molar-refractivity contribution in [2.24, 2.45) is 5.73 Å². The van der Waals surface area contributed by atoms with Crippen LogP contribution in [0.3, 0.4) is 0 Å². The molecule has 2 N–H and O–H groups in total. The van der Waals surface area contributed by atoms with E-state index in [0.29, 0.717) is 0 Å². The second-order valence-electron chi connectivity index (χ2n) is 3.68. The molecule has 1 aliphatic carbocycles. The second kappa shape index (κ2) is 4.06. The first-order valence-corrected chi connectivity index (χ1v) is 5.92. The topological polar surface area (TPSA) is 35.2 Å². The van der Waals surface area contributed by atoms with Crippen LogP contribution in [-0.2, 0) is 6.42 Å². The molecule has 0 unspecified atom stereocenters. The van der Waals surface area contributed by atoms with E-state index in [-0.39, 0.29) is 6.04 Å². The molecule has 0 saturated heterocycles. The van der Waals surface area contributed by atoms with Gasteiger partial charge < -0.3 is 10.5 Å². The first-order valence-electron chi connectivity index (χ1n) is 4.84. The zero-order chi connectivity index (χ0) is 10.1. The van der Waals surface area contributed by atoms with E-state index >= 15 is 0 Å². The van der Waals surface area contributed by atoms with Gasteiger partial charge in [0.15, 0.2) is 0 Å². The van der Waals surface area contributed by atoms with Gasteiger partial charge in [-0.3, -0.25) is 0 Å². The summed E-state index contributed by atoms with van der Waals surface area (Å²) in [5.41, 5.74) is 8.73. The van der Waals surface area contributed by atoms with Gasteiger partial charge in [-0.05, 0) is 65.1 Å². The molecule has 0 amide bonds. The predicted molar refractivity (Wildman–Crippen MR) is 65.6 cm³/mol. The molecule has 2 nitrogen and oxygen atoms in total. The first kappa shape index (κ1) is 10.2. The molecule has 14 heavy (non-hydrogen) atoms. The fourth-order valence-electron chi connectivity index (χ4n) is 2.00. The lowest BCUT2D eigenvalue weighted by molar-refractivity contribution is 0.409.